The van der Waals surface area contributed by atoms with Crippen LogP contribution in [0.3, 0.4) is 0 Å². The molecule has 0 aromatic heterocycles. The molecule has 0 fully saturated rings. The lowest BCUT2D eigenvalue weighted by atomic mass is 10.2. The van der Waals surface area contributed by atoms with Crippen LogP contribution in [0.5, 0.6) is 11.5 Å². The first-order valence-electron chi connectivity index (χ1n) is 6.90. The maximum Gasteiger partial charge on any atom is 0.251 e. The third kappa shape index (κ3) is 4.53. The molecule has 0 radical (unpaired) electrons. The molecule has 0 aliphatic carbocycles. The molecule has 0 atom stereocenters. The van der Waals surface area contributed by atoms with E-state index < -0.39 is 0 Å². The van der Waals surface area contributed by atoms with Crippen molar-refractivity contribution < 1.29 is 14.3 Å². The van der Waals surface area contributed by atoms with E-state index in [0.29, 0.717) is 24.5 Å². The minimum atomic E-state index is -0.0621. The van der Waals surface area contributed by atoms with Gasteiger partial charge in [0, 0.05) is 12.1 Å². The van der Waals surface area contributed by atoms with Crippen molar-refractivity contribution in [3.05, 3.63) is 60.2 Å². The summed E-state index contributed by atoms with van der Waals surface area (Å²) in [6, 6.07) is 16.7. The molecule has 1 N–H and O–H groups in total. The summed E-state index contributed by atoms with van der Waals surface area (Å²) in [5.41, 5.74) is 0.670. The Morgan fingerprint density at radius 2 is 1.67 bits per heavy atom. The normalized spacial score (nSPS) is 9.95. The van der Waals surface area contributed by atoms with Crippen LogP contribution in [0.15, 0.2) is 54.6 Å². The number of methoxy groups -OCH3 is 1. The maximum absolute atomic E-state index is 11.8. The average molecular weight is 285 g/mol. The molecule has 2 aromatic carbocycles. The van der Waals surface area contributed by atoms with Crippen LogP contribution in [0.4, 0.5) is 0 Å². The SMILES string of the molecule is COc1ccccc1OCCCNC(=O)c1ccccc1. The van der Waals surface area contributed by atoms with Crippen LogP contribution in [-0.2, 0) is 0 Å². The third-order valence-corrected chi connectivity index (χ3v) is 2.97. The maximum atomic E-state index is 11.8. The lowest BCUT2D eigenvalue weighted by Gasteiger charge is -2.10. The zero-order valence-corrected chi connectivity index (χ0v) is 12.0. The fourth-order valence-electron chi connectivity index (χ4n) is 1.89. The van der Waals surface area contributed by atoms with Crippen LogP contribution >= 0.6 is 0 Å². The second-order valence-corrected chi connectivity index (χ2v) is 4.47. The minimum absolute atomic E-state index is 0.0621. The van der Waals surface area contributed by atoms with Gasteiger partial charge in [0.25, 0.3) is 5.91 Å². The number of hydrogen-bond donors (Lipinski definition) is 1. The molecule has 0 bridgehead atoms. The average Bonchev–Trinajstić information content (AvgIpc) is 2.55. The molecule has 4 heteroatoms. The van der Waals surface area contributed by atoms with E-state index >= 15 is 0 Å². The molecule has 2 rings (SSSR count). The van der Waals surface area contributed by atoms with Crippen molar-refractivity contribution in [2.24, 2.45) is 0 Å². The van der Waals surface area contributed by atoms with Gasteiger partial charge in [0.15, 0.2) is 11.5 Å². The van der Waals surface area contributed by atoms with Crippen molar-refractivity contribution in [1.29, 1.82) is 0 Å². The minimum Gasteiger partial charge on any atom is -0.493 e. The Morgan fingerprint density at radius 3 is 2.38 bits per heavy atom. The topological polar surface area (TPSA) is 47.6 Å². The molecule has 2 aromatic rings. The summed E-state index contributed by atoms with van der Waals surface area (Å²) in [5, 5.41) is 2.86. The van der Waals surface area contributed by atoms with Gasteiger partial charge in [-0.15, -0.1) is 0 Å². The zero-order chi connectivity index (χ0) is 14.9. The number of carbonyl (C=O) groups is 1. The fourth-order valence-corrected chi connectivity index (χ4v) is 1.89. The van der Waals surface area contributed by atoms with Crippen molar-refractivity contribution in [2.75, 3.05) is 20.3 Å². The van der Waals surface area contributed by atoms with Gasteiger partial charge in [0.05, 0.1) is 13.7 Å². The van der Waals surface area contributed by atoms with E-state index in [2.05, 4.69) is 5.32 Å². The van der Waals surface area contributed by atoms with E-state index in [-0.39, 0.29) is 5.91 Å². The Morgan fingerprint density at radius 1 is 1.00 bits per heavy atom. The van der Waals surface area contributed by atoms with Gasteiger partial charge in [-0.05, 0) is 30.7 Å². The van der Waals surface area contributed by atoms with E-state index in [1.54, 1.807) is 19.2 Å². The van der Waals surface area contributed by atoms with Crippen LogP contribution in [0.1, 0.15) is 16.8 Å². The molecule has 0 saturated heterocycles. The van der Waals surface area contributed by atoms with E-state index in [4.69, 9.17) is 9.47 Å². The fraction of sp³-hybridized carbons (Fsp3) is 0.235. The van der Waals surface area contributed by atoms with Crippen LogP contribution in [0.2, 0.25) is 0 Å². The first-order valence-corrected chi connectivity index (χ1v) is 6.90. The zero-order valence-electron chi connectivity index (χ0n) is 12.0. The van der Waals surface area contributed by atoms with Crippen molar-refractivity contribution in [3.63, 3.8) is 0 Å². The van der Waals surface area contributed by atoms with Gasteiger partial charge in [-0.2, -0.15) is 0 Å². The predicted molar refractivity (Wildman–Crippen MR) is 81.9 cm³/mol. The Hall–Kier alpha value is -2.49. The summed E-state index contributed by atoms with van der Waals surface area (Å²) in [4.78, 5) is 11.8. The predicted octanol–water partition coefficient (Wildman–Crippen LogP) is 2.89. The van der Waals surface area contributed by atoms with Crippen LogP contribution in [0.25, 0.3) is 0 Å². The van der Waals surface area contributed by atoms with Crippen LogP contribution < -0.4 is 14.8 Å². The summed E-state index contributed by atoms with van der Waals surface area (Å²) < 4.78 is 10.8. The Labute approximate surface area is 124 Å². The van der Waals surface area contributed by atoms with Gasteiger partial charge in [0.1, 0.15) is 0 Å². The molecular weight excluding hydrogens is 266 g/mol. The van der Waals surface area contributed by atoms with E-state index in [1.807, 2.05) is 42.5 Å². The Kier molecular flexibility index (Phi) is 5.64. The van der Waals surface area contributed by atoms with Crippen molar-refractivity contribution >= 4 is 5.91 Å². The second-order valence-electron chi connectivity index (χ2n) is 4.47. The highest BCUT2D eigenvalue weighted by Crippen LogP contribution is 2.25. The Bertz CT molecular complexity index is 569. The number of rotatable bonds is 7. The number of benzene rings is 2. The first-order chi connectivity index (χ1) is 10.3. The summed E-state index contributed by atoms with van der Waals surface area (Å²) in [5.74, 6) is 1.37. The van der Waals surface area contributed by atoms with Gasteiger partial charge in [-0.25, -0.2) is 0 Å². The van der Waals surface area contributed by atoms with Gasteiger partial charge >= 0.3 is 0 Å². The lowest BCUT2D eigenvalue weighted by Crippen LogP contribution is -2.25. The van der Waals surface area contributed by atoms with E-state index in [9.17, 15) is 4.79 Å². The van der Waals surface area contributed by atoms with Crippen LogP contribution in [-0.4, -0.2) is 26.2 Å². The molecular formula is C17H19NO3. The number of nitrogens with one attached hydrogen (secondary N) is 1. The molecule has 0 saturated carbocycles. The van der Waals surface area contributed by atoms with Gasteiger partial charge in [0.2, 0.25) is 0 Å². The molecule has 0 aliphatic rings. The summed E-state index contributed by atoms with van der Waals surface area (Å²) in [7, 11) is 1.61. The van der Waals surface area contributed by atoms with E-state index in [0.717, 1.165) is 12.2 Å². The highest BCUT2D eigenvalue weighted by Gasteiger charge is 2.04. The van der Waals surface area contributed by atoms with Crippen molar-refractivity contribution in [3.8, 4) is 11.5 Å². The molecule has 21 heavy (non-hydrogen) atoms. The lowest BCUT2D eigenvalue weighted by molar-refractivity contribution is 0.0951. The number of para-hydroxylation sites is 2. The molecule has 1 amide bonds. The highest BCUT2D eigenvalue weighted by molar-refractivity contribution is 5.94. The third-order valence-electron chi connectivity index (χ3n) is 2.97. The summed E-state index contributed by atoms with van der Waals surface area (Å²) in [6.07, 6.45) is 0.733. The summed E-state index contributed by atoms with van der Waals surface area (Å²) >= 11 is 0. The molecule has 0 spiro atoms. The number of amides is 1. The summed E-state index contributed by atoms with van der Waals surface area (Å²) in [6.45, 7) is 1.10. The number of carbonyl (C=O) groups excluding carboxylic acids is 1. The monoisotopic (exact) mass is 285 g/mol. The number of ether oxygens (including phenoxy) is 2. The molecule has 0 unspecified atom stereocenters. The largest absolute Gasteiger partial charge is 0.493 e. The number of hydrogen-bond acceptors (Lipinski definition) is 3. The quantitative estimate of drug-likeness (QED) is 0.796. The standard InChI is InChI=1S/C17H19NO3/c1-20-15-10-5-6-11-16(15)21-13-7-12-18-17(19)14-8-3-2-4-9-14/h2-6,8-11H,7,12-13H2,1H3,(H,18,19). The van der Waals surface area contributed by atoms with Crippen molar-refractivity contribution in [2.45, 2.75) is 6.42 Å². The molecule has 0 heterocycles. The Balaban J connectivity index is 1.70. The van der Waals surface area contributed by atoms with Crippen molar-refractivity contribution in [1.82, 2.24) is 5.32 Å². The van der Waals surface area contributed by atoms with Gasteiger partial charge in [-0.3, -0.25) is 4.79 Å². The molecule has 110 valence electrons. The molecule has 0 aliphatic heterocycles. The highest BCUT2D eigenvalue weighted by atomic mass is 16.5. The molecule has 4 nitrogen and oxygen atoms in total. The van der Waals surface area contributed by atoms with E-state index in [1.165, 1.54) is 0 Å². The smallest absolute Gasteiger partial charge is 0.251 e. The second kappa shape index (κ2) is 7.94. The van der Waals surface area contributed by atoms with Crippen LogP contribution in [0, 0.1) is 0 Å². The first kappa shape index (κ1) is 14.9. The van der Waals surface area contributed by atoms with Gasteiger partial charge < -0.3 is 14.8 Å². The van der Waals surface area contributed by atoms with Gasteiger partial charge in [-0.1, -0.05) is 30.3 Å².